The fourth-order valence-electron chi connectivity index (χ4n) is 2.18. The molecule has 1 amide bonds. The Morgan fingerprint density at radius 1 is 1.67 bits per heavy atom. The molecule has 2 heteroatoms. The summed E-state index contributed by atoms with van der Waals surface area (Å²) in [6.07, 6.45) is 7.32. The summed E-state index contributed by atoms with van der Waals surface area (Å²) in [6.45, 7) is 3.43. The average molecular weight is 163 g/mol. The third-order valence-electron chi connectivity index (χ3n) is 2.78. The number of fused-ring (bicyclic) bond motifs is 2. The van der Waals surface area contributed by atoms with Gasteiger partial charge in [-0.1, -0.05) is 12.7 Å². The minimum Gasteiger partial charge on any atom is -0.326 e. The Labute approximate surface area is 72.3 Å². The molecule has 2 bridgehead atoms. The molecule has 1 fully saturated rings. The zero-order valence-corrected chi connectivity index (χ0v) is 7.05. The summed E-state index contributed by atoms with van der Waals surface area (Å²) in [5.74, 6) is 1.28. The molecule has 2 aliphatic rings. The maximum Gasteiger partial charge on any atom is 0.247 e. The molecule has 64 valence electrons. The first-order valence-electron chi connectivity index (χ1n) is 4.44. The molecular weight excluding hydrogens is 150 g/mol. The van der Waals surface area contributed by atoms with E-state index in [9.17, 15) is 4.79 Å². The van der Waals surface area contributed by atoms with Crippen LogP contribution in [0.3, 0.4) is 0 Å². The molecule has 2 aliphatic carbocycles. The molecular formula is C10H13NO. The zero-order valence-electron chi connectivity index (χ0n) is 7.05. The second-order valence-electron chi connectivity index (χ2n) is 3.59. The molecule has 1 saturated carbocycles. The number of hydrogen-bond donors (Lipinski definition) is 1. The van der Waals surface area contributed by atoms with E-state index in [-0.39, 0.29) is 5.91 Å². The van der Waals surface area contributed by atoms with Crippen molar-refractivity contribution in [3.05, 3.63) is 24.4 Å². The third-order valence-corrected chi connectivity index (χ3v) is 2.78. The van der Waals surface area contributed by atoms with E-state index in [0.29, 0.717) is 5.92 Å². The monoisotopic (exact) mass is 163 g/mol. The van der Waals surface area contributed by atoms with Gasteiger partial charge in [-0.3, -0.25) is 4.79 Å². The summed E-state index contributed by atoms with van der Waals surface area (Å²) in [6, 6.07) is 0. The van der Waals surface area contributed by atoms with E-state index in [4.69, 9.17) is 0 Å². The summed E-state index contributed by atoms with van der Waals surface area (Å²) in [7, 11) is 0. The van der Waals surface area contributed by atoms with Gasteiger partial charge in [0.05, 0.1) is 0 Å². The van der Waals surface area contributed by atoms with Gasteiger partial charge in [0.15, 0.2) is 0 Å². The van der Waals surface area contributed by atoms with Gasteiger partial charge in [0.2, 0.25) is 5.91 Å². The van der Waals surface area contributed by atoms with Gasteiger partial charge in [0.1, 0.15) is 0 Å². The summed E-state index contributed by atoms with van der Waals surface area (Å²) in [5.41, 5.74) is 1.14. The lowest BCUT2D eigenvalue weighted by atomic mass is 10.0. The molecule has 0 saturated heterocycles. The largest absolute Gasteiger partial charge is 0.326 e. The van der Waals surface area contributed by atoms with Crippen molar-refractivity contribution in [2.24, 2.45) is 11.8 Å². The SMILES string of the molecule is C=CC(=O)NC1=CC2CCC1C2. The quantitative estimate of drug-likeness (QED) is 0.615. The molecule has 0 aromatic heterocycles. The van der Waals surface area contributed by atoms with Crippen LogP contribution in [0.25, 0.3) is 0 Å². The van der Waals surface area contributed by atoms with Crippen LogP contribution < -0.4 is 5.32 Å². The Kier molecular flexibility index (Phi) is 1.75. The van der Waals surface area contributed by atoms with Gasteiger partial charge in [-0.25, -0.2) is 0 Å². The Hall–Kier alpha value is -1.05. The van der Waals surface area contributed by atoms with E-state index in [1.165, 1.54) is 25.3 Å². The molecule has 2 nitrogen and oxygen atoms in total. The molecule has 0 aliphatic heterocycles. The molecule has 0 spiro atoms. The second kappa shape index (κ2) is 2.77. The molecule has 2 atom stereocenters. The highest BCUT2D eigenvalue weighted by molar-refractivity contribution is 5.88. The molecule has 0 radical (unpaired) electrons. The topological polar surface area (TPSA) is 29.1 Å². The number of carbonyl (C=O) groups excluding carboxylic acids is 1. The van der Waals surface area contributed by atoms with Crippen molar-refractivity contribution in [1.29, 1.82) is 0 Å². The molecule has 2 rings (SSSR count). The van der Waals surface area contributed by atoms with Crippen molar-refractivity contribution in [1.82, 2.24) is 5.32 Å². The standard InChI is InChI=1S/C10H13NO/c1-2-10(12)11-9-6-7-3-4-8(9)5-7/h2,6-8H,1,3-5H2,(H,11,12). The van der Waals surface area contributed by atoms with Crippen molar-refractivity contribution in [2.75, 3.05) is 0 Å². The maximum atomic E-state index is 11.0. The van der Waals surface area contributed by atoms with Crippen molar-refractivity contribution in [3.63, 3.8) is 0 Å². The van der Waals surface area contributed by atoms with E-state index in [2.05, 4.69) is 18.0 Å². The van der Waals surface area contributed by atoms with Gasteiger partial charge >= 0.3 is 0 Å². The molecule has 12 heavy (non-hydrogen) atoms. The van der Waals surface area contributed by atoms with Crippen LogP contribution in [-0.2, 0) is 4.79 Å². The summed E-state index contributed by atoms with van der Waals surface area (Å²) in [5, 5.41) is 2.86. The first-order chi connectivity index (χ1) is 5.79. The Morgan fingerprint density at radius 3 is 3.00 bits per heavy atom. The van der Waals surface area contributed by atoms with Gasteiger partial charge in [-0.05, 0) is 37.2 Å². The van der Waals surface area contributed by atoms with Crippen LogP contribution in [0.15, 0.2) is 24.4 Å². The van der Waals surface area contributed by atoms with Gasteiger partial charge in [0.25, 0.3) is 0 Å². The summed E-state index contributed by atoms with van der Waals surface area (Å²) in [4.78, 5) is 11.0. The molecule has 0 aromatic carbocycles. The minimum atomic E-state index is -0.0752. The van der Waals surface area contributed by atoms with E-state index < -0.39 is 0 Å². The van der Waals surface area contributed by atoms with Crippen LogP contribution >= 0.6 is 0 Å². The zero-order chi connectivity index (χ0) is 8.55. The maximum absolute atomic E-state index is 11.0. The first kappa shape index (κ1) is 7.59. The first-order valence-corrected chi connectivity index (χ1v) is 4.44. The van der Waals surface area contributed by atoms with E-state index in [1.807, 2.05) is 0 Å². The number of amides is 1. The van der Waals surface area contributed by atoms with E-state index in [1.54, 1.807) is 0 Å². The van der Waals surface area contributed by atoms with Crippen LogP contribution in [-0.4, -0.2) is 5.91 Å². The van der Waals surface area contributed by atoms with Crippen molar-refractivity contribution in [2.45, 2.75) is 19.3 Å². The Bertz CT molecular complexity index is 255. The van der Waals surface area contributed by atoms with Crippen LogP contribution in [0.2, 0.25) is 0 Å². The summed E-state index contributed by atoms with van der Waals surface area (Å²) < 4.78 is 0. The van der Waals surface area contributed by atoms with E-state index >= 15 is 0 Å². The van der Waals surface area contributed by atoms with Crippen LogP contribution in [0.5, 0.6) is 0 Å². The van der Waals surface area contributed by atoms with Crippen molar-refractivity contribution >= 4 is 5.91 Å². The third kappa shape index (κ3) is 1.17. The normalized spacial score (nSPS) is 31.5. The predicted molar refractivity (Wildman–Crippen MR) is 47.3 cm³/mol. The number of carbonyl (C=O) groups is 1. The van der Waals surface area contributed by atoms with Gasteiger partial charge in [0, 0.05) is 5.70 Å². The van der Waals surface area contributed by atoms with Crippen LogP contribution in [0.1, 0.15) is 19.3 Å². The number of allylic oxidation sites excluding steroid dienone is 2. The van der Waals surface area contributed by atoms with Crippen molar-refractivity contribution in [3.8, 4) is 0 Å². The van der Waals surface area contributed by atoms with Gasteiger partial charge in [-0.2, -0.15) is 0 Å². The lowest BCUT2D eigenvalue weighted by Crippen LogP contribution is -2.23. The minimum absolute atomic E-state index is 0.0752. The number of hydrogen-bond acceptors (Lipinski definition) is 1. The van der Waals surface area contributed by atoms with Gasteiger partial charge in [-0.15, -0.1) is 0 Å². The Balaban J connectivity index is 2.02. The number of rotatable bonds is 2. The highest BCUT2D eigenvalue weighted by atomic mass is 16.1. The van der Waals surface area contributed by atoms with E-state index in [0.717, 1.165) is 11.6 Å². The predicted octanol–water partition coefficient (Wildman–Crippen LogP) is 1.60. The molecule has 0 heterocycles. The number of nitrogens with one attached hydrogen (secondary N) is 1. The fraction of sp³-hybridized carbons (Fsp3) is 0.500. The highest BCUT2D eigenvalue weighted by Gasteiger charge is 2.32. The average Bonchev–Trinajstić information content (AvgIpc) is 2.64. The lowest BCUT2D eigenvalue weighted by molar-refractivity contribution is -0.115. The summed E-state index contributed by atoms with van der Waals surface area (Å²) >= 11 is 0. The fourth-order valence-corrected chi connectivity index (χ4v) is 2.18. The second-order valence-corrected chi connectivity index (χ2v) is 3.59. The highest BCUT2D eigenvalue weighted by Crippen LogP contribution is 2.42. The van der Waals surface area contributed by atoms with Crippen molar-refractivity contribution < 1.29 is 4.79 Å². The molecule has 1 N–H and O–H groups in total. The molecule has 2 unspecified atom stereocenters. The van der Waals surface area contributed by atoms with Crippen LogP contribution in [0, 0.1) is 11.8 Å². The van der Waals surface area contributed by atoms with Gasteiger partial charge < -0.3 is 5.32 Å². The molecule has 0 aromatic rings. The Morgan fingerprint density at radius 2 is 2.50 bits per heavy atom. The lowest BCUT2D eigenvalue weighted by Gasteiger charge is -2.12. The van der Waals surface area contributed by atoms with Crippen LogP contribution in [0.4, 0.5) is 0 Å². The smallest absolute Gasteiger partial charge is 0.247 e.